The molecule has 146 valence electrons. The van der Waals surface area contributed by atoms with Crippen LogP contribution in [0.2, 0.25) is 0 Å². The zero-order valence-corrected chi connectivity index (χ0v) is 16.5. The SMILES string of the molecule is CC(c1nc(-c2cccs2)no1)N1CCN(C(=O)C2CCCC(N)C2)CC1. The van der Waals surface area contributed by atoms with Crippen LogP contribution in [0, 0.1) is 5.92 Å². The quantitative estimate of drug-likeness (QED) is 0.864. The monoisotopic (exact) mass is 389 g/mol. The summed E-state index contributed by atoms with van der Waals surface area (Å²) in [5, 5.41) is 6.11. The van der Waals surface area contributed by atoms with Gasteiger partial charge in [-0.25, -0.2) is 0 Å². The van der Waals surface area contributed by atoms with Gasteiger partial charge in [-0.1, -0.05) is 17.6 Å². The molecule has 2 fully saturated rings. The largest absolute Gasteiger partial charge is 0.340 e. The lowest BCUT2D eigenvalue weighted by Crippen LogP contribution is -2.51. The zero-order chi connectivity index (χ0) is 18.8. The van der Waals surface area contributed by atoms with Crippen LogP contribution >= 0.6 is 11.3 Å². The fourth-order valence-corrected chi connectivity index (χ4v) is 4.76. The van der Waals surface area contributed by atoms with Gasteiger partial charge in [0.05, 0.1) is 10.9 Å². The summed E-state index contributed by atoms with van der Waals surface area (Å²) in [5.74, 6) is 1.68. The van der Waals surface area contributed by atoms with E-state index >= 15 is 0 Å². The number of thiophene rings is 1. The predicted octanol–water partition coefficient (Wildman–Crippen LogP) is 2.52. The van der Waals surface area contributed by atoms with Crippen molar-refractivity contribution >= 4 is 17.2 Å². The van der Waals surface area contributed by atoms with Crippen LogP contribution in [0.25, 0.3) is 10.7 Å². The number of hydrogen-bond acceptors (Lipinski definition) is 7. The van der Waals surface area contributed by atoms with Gasteiger partial charge in [0.15, 0.2) is 0 Å². The number of hydrogen-bond donors (Lipinski definition) is 1. The Morgan fingerprint density at radius 3 is 2.85 bits per heavy atom. The first-order valence-electron chi connectivity index (χ1n) is 9.77. The van der Waals surface area contributed by atoms with E-state index in [2.05, 4.69) is 22.0 Å². The van der Waals surface area contributed by atoms with Gasteiger partial charge in [0, 0.05) is 38.1 Å². The van der Waals surface area contributed by atoms with Gasteiger partial charge in [-0.05, 0) is 37.6 Å². The van der Waals surface area contributed by atoms with Crippen LogP contribution in [0.3, 0.4) is 0 Å². The van der Waals surface area contributed by atoms with Gasteiger partial charge in [-0.2, -0.15) is 4.98 Å². The highest BCUT2D eigenvalue weighted by molar-refractivity contribution is 7.13. The van der Waals surface area contributed by atoms with E-state index in [0.717, 1.165) is 56.7 Å². The van der Waals surface area contributed by atoms with E-state index in [1.165, 1.54) is 0 Å². The molecule has 3 heterocycles. The Kier molecular flexibility index (Phi) is 5.56. The number of nitrogens with two attached hydrogens (primary N) is 1. The summed E-state index contributed by atoms with van der Waals surface area (Å²) in [4.78, 5) is 22.7. The topological polar surface area (TPSA) is 88.5 Å². The molecule has 2 N–H and O–H groups in total. The second kappa shape index (κ2) is 8.08. The number of nitrogens with zero attached hydrogens (tertiary/aromatic N) is 4. The molecular formula is C19H27N5O2S. The molecule has 0 bridgehead atoms. The third-order valence-corrected chi connectivity index (χ3v) is 6.64. The zero-order valence-electron chi connectivity index (χ0n) is 15.7. The Morgan fingerprint density at radius 1 is 1.33 bits per heavy atom. The second-order valence-electron chi connectivity index (χ2n) is 7.59. The molecule has 1 saturated carbocycles. The van der Waals surface area contributed by atoms with Crippen molar-refractivity contribution in [2.45, 2.75) is 44.7 Å². The molecule has 2 aromatic heterocycles. The van der Waals surface area contributed by atoms with E-state index in [1.807, 2.05) is 22.4 Å². The van der Waals surface area contributed by atoms with E-state index in [0.29, 0.717) is 11.7 Å². The molecule has 8 heteroatoms. The third kappa shape index (κ3) is 4.07. The number of piperazine rings is 1. The molecule has 2 aromatic rings. The predicted molar refractivity (Wildman–Crippen MR) is 104 cm³/mol. The summed E-state index contributed by atoms with van der Waals surface area (Å²) >= 11 is 1.60. The molecule has 1 saturated heterocycles. The van der Waals surface area contributed by atoms with Gasteiger partial charge in [-0.15, -0.1) is 11.3 Å². The standard InChI is InChI=1S/C19H27N5O2S/c1-13(18-21-17(22-26-18)16-6-3-11-27-16)23-7-9-24(10-8-23)19(25)14-4-2-5-15(20)12-14/h3,6,11,13-15H,2,4-5,7-10,12,20H2,1H3. The summed E-state index contributed by atoms with van der Waals surface area (Å²) in [5.41, 5.74) is 6.05. The number of amides is 1. The lowest BCUT2D eigenvalue weighted by Gasteiger charge is -2.39. The maximum Gasteiger partial charge on any atom is 0.244 e. The molecule has 4 rings (SSSR count). The Hall–Kier alpha value is -1.77. The molecule has 3 atom stereocenters. The minimum atomic E-state index is 0.0477. The number of carbonyl (C=O) groups excluding carboxylic acids is 1. The van der Waals surface area contributed by atoms with E-state index in [-0.39, 0.29) is 23.9 Å². The molecule has 3 unspecified atom stereocenters. The highest BCUT2D eigenvalue weighted by Crippen LogP contribution is 2.28. The van der Waals surface area contributed by atoms with Crippen LogP contribution in [0.5, 0.6) is 0 Å². The van der Waals surface area contributed by atoms with Crippen molar-refractivity contribution in [3.05, 3.63) is 23.4 Å². The average Bonchev–Trinajstić information content (AvgIpc) is 3.38. The Bertz CT molecular complexity index is 754. The molecule has 1 aliphatic heterocycles. The van der Waals surface area contributed by atoms with Crippen molar-refractivity contribution in [2.24, 2.45) is 11.7 Å². The Morgan fingerprint density at radius 2 is 2.15 bits per heavy atom. The fourth-order valence-electron chi connectivity index (χ4n) is 4.11. The van der Waals surface area contributed by atoms with E-state index in [1.54, 1.807) is 11.3 Å². The van der Waals surface area contributed by atoms with Gasteiger partial charge in [0.2, 0.25) is 17.6 Å². The van der Waals surface area contributed by atoms with Crippen molar-refractivity contribution < 1.29 is 9.32 Å². The van der Waals surface area contributed by atoms with Gasteiger partial charge < -0.3 is 15.2 Å². The number of aromatic nitrogens is 2. The minimum Gasteiger partial charge on any atom is -0.340 e. The molecule has 0 spiro atoms. The normalized spacial score (nSPS) is 25.5. The lowest BCUT2D eigenvalue weighted by atomic mass is 9.85. The summed E-state index contributed by atoms with van der Waals surface area (Å²) in [6, 6.07) is 4.20. The van der Waals surface area contributed by atoms with E-state index in [9.17, 15) is 4.79 Å². The van der Waals surface area contributed by atoms with E-state index in [4.69, 9.17) is 10.3 Å². The molecule has 0 aromatic carbocycles. The Labute approximate surface area is 163 Å². The molecule has 1 amide bonds. The minimum absolute atomic E-state index is 0.0477. The molecule has 27 heavy (non-hydrogen) atoms. The summed E-state index contributed by atoms with van der Waals surface area (Å²) in [7, 11) is 0. The highest BCUT2D eigenvalue weighted by Gasteiger charge is 2.32. The van der Waals surface area contributed by atoms with Crippen LogP contribution in [0.1, 0.15) is 44.5 Å². The van der Waals surface area contributed by atoms with Crippen molar-refractivity contribution in [1.82, 2.24) is 19.9 Å². The maximum atomic E-state index is 12.8. The third-order valence-electron chi connectivity index (χ3n) is 5.78. The number of carbonyl (C=O) groups is 1. The average molecular weight is 390 g/mol. The van der Waals surface area contributed by atoms with Gasteiger partial charge in [0.25, 0.3) is 0 Å². The van der Waals surface area contributed by atoms with Crippen LogP contribution in [0.4, 0.5) is 0 Å². The summed E-state index contributed by atoms with van der Waals surface area (Å²) < 4.78 is 5.49. The summed E-state index contributed by atoms with van der Waals surface area (Å²) in [6.07, 6.45) is 3.94. The van der Waals surface area contributed by atoms with Gasteiger partial charge in [-0.3, -0.25) is 9.69 Å². The summed E-state index contributed by atoms with van der Waals surface area (Å²) in [6.45, 7) is 5.23. The van der Waals surface area contributed by atoms with Crippen molar-refractivity contribution in [3.63, 3.8) is 0 Å². The second-order valence-corrected chi connectivity index (χ2v) is 8.54. The van der Waals surface area contributed by atoms with Crippen molar-refractivity contribution in [1.29, 1.82) is 0 Å². The molecule has 2 aliphatic rings. The van der Waals surface area contributed by atoms with E-state index < -0.39 is 0 Å². The first-order chi connectivity index (χ1) is 13.1. The maximum absolute atomic E-state index is 12.8. The molecule has 1 aliphatic carbocycles. The van der Waals surface area contributed by atoms with Crippen molar-refractivity contribution in [2.75, 3.05) is 26.2 Å². The van der Waals surface area contributed by atoms with Gasteiger partial charge >= 0.3 is 0 Å². The first kappa shape index (κ1) is 18.6. The van der Waals surface area contributed by atoms with Crippen LogP contribution in [-0.4, -0.2) is 58.1 Å². The van der Waals surface area contributed by atoms with Crippen LogP contribution < -0.4 is 5.73 Å². The van der Waals surface area contributed by atoms with Crippen LogP contribution in [0.15, 0.2) is 22.0 Å². The van der Waals surface area contributed by atoms with Gasteiger partial charge in [0.1, 0.15) is 0 Å². The fraction of sp³-hybridized carbons (Fsp3) is 0.632. The Balaban J connectivity index is 1.33. The molecular weight excluding hydrogens is 362 g/mol. The molecule has 7 nitrogen and oxygen atoms in total. The first-order valence-corrected chi connectivity index (χ1v) is 10.7. The van der Waals surface area contributed by atoms with Crippen molar-refractivity contribution in [3.8, 4) is 10.7 Å². The smallest absolute Gasteiger partial charge is 0.244 e. The van der Waals surface area contributed by atoms with Crippen LogP contribution in [-0.2, 0) is 4.79 Å². The lowest BCUT2D eigenvalue weighted by molar-refractivity contribution is -0.138. The molecule has 0 radical (unpaired) electrons. The number of rotatable bonds is 4. The highest BCUT2D eigenvalue weighted by atomic mass is 32.1.